The van der Waals surface area contributed by atoms with Gasteiger partial charge in [-0.1, -0.05) is 26.0 Å². The Kier molecular flexibility index (Phi) is 7.01. The highest BCUT2D eigenvalue weighted by Crippen LogP contribution is 2.15. The fourth-order valence-corrected chi connectivity index (χ4v) is 1.86. The van der Waals surface area contributed by atoms with Crippen LogP contribution in [-0.2, 0) is 16.0 Å². The van der Waals surface area contributed by atoms with Gasteiger partial charge in [-0.3, -0.25) is 4.79 Å². The van der Waals surface area contributed by atoms with E-state index in [9.17, 15) is 4.79 Å². The molecule has 0 atom stereocenters. The molecule has 106 valence electrons. The van der Waals surface area contributed by atoms with Gasteiger partial charge in [0.15, 0.2) is 0 Å². The van der Waals surface area contributed by atoms with Crippen molar-refractivity contribution in [3.63, 3.8) is 0 Å². The number of hydrogen-bond acceptors (Lipinski definition) is 3. The maximum atomic E-state index is 10.9. The Morgan fingerprint density at radius 1 is 1.16 bits per heavy atom. The molecule has 0 N–H and O–H groups in total. The Balaban J connectivity index is 2.21. The molecular weight excluding hydrogens is 240 g/mol. The number of unbranched alkanes of at least 4 members (excludes halogenated alkanes) is 1. The summed E-state index contributed by atoms with van der Waals surface area (Å²) in [5.41, 5.74) is 1.34. The molecule has 3 nitrogen and oxygen atoms in total. The van der Waals surface area contributed by atoms with Gasteiger partial charge in [-0.05, 0) is 42.9 Å². The van der Waals surface area contributed by atoms with Crippen molar-refractivity contribution in [3.8, 4) is 5.75 Å². The fraction of sp³-hybridized carbons (Fsp3) is 0.562. The Bertz CT molecular complexity index is 368. The molecule has 0 heterocycles. The number of hydrogen-bond donors (Lipinski definition) is 0. The summed E-state index contributed by atoms with van der Waals surface area (Å²) in [5.74, 6) is 1.41. The molecule has 0 spiro atoms. The van der Waals surface area contributed by atoms with Crippen molar-refractivity contribution in [1.82, 2.24) is 0 Å². The van der Waals surface area contributed by atoms with Gasteiger partial charge in [-0.2, -0.15) is 0 Å². The first-order valence-electron chi connectivity index (χ1n) is 6.90. The molecule has 0 saturated heterocycles. The van der Waals surface area contributed by atoms with E-state index in [2.05, 4.69) is 30.7 Å². The van der Waals surface area contributed by atoms with E-state index in [1.54, 1.807) is 0 Å². The van der Waals surface area contributed by atoms with Gasteiger partial charge in [0.1, 0.15) is 5.75 Å². The van der Waals surface area contributed by atoms with E-state index < -0.39 is 0 Å². The number of carbonyl (C=O) groups is 1. The van der Waals surface area contributed by atoms with Gasteiger partial charge >= 0.3 is 5.97 Å². The average Bonchev–Trinajstić information content (AvgIpc) is 2.39. The third-order valence-electron chi connectivity index (χ3n) is 2.84. The zero-order valence-electron chi connectivity index (χ0n) is 12.1. The van der Waals surface area contributed by atoms with Gasteiger partial charge in [0.25, 0.3) is 0 Å². The standard InChI is InChI=1S/C16H24O3/c1-13(2)12-14-7-9-15(10-8-14)19-11-5-4-6-16(17)18-3/h7-10,13H,4-6,11-12H2,1-3H3. The van der Waals surface area contributed by atoms with Crippen LogP contribution in [0.5, 0.6) is 5.75 Å². The molecule has 1 aromatic rings. The highest BCUT2D eigenvalue weighted by atomic mass is 16.5. The SMILES string of the molecule is COC(=O)CCCCOc1ccc(CC(C)C)cc1. The predicted octanol–water partition coefficient (Wildman–Crippen LogP) is 3.61. The normalized spacial score (nSPS) is 10.5. The van der Waals surface area contributed by atoms with Crippen molar-refractivity contribution in [3.05, 3.63) is 29.8 Å². The van der Waals surface area contributed by atoms with Gasteiger partial charge in [-0.15, -0.1) is 0 Å². The second-order valence-electron chi connectivity index (χ2n) is 5.12. The maximum Gasteiger partial charge on any atom is 0.305 e. The smallest absolute Gasteiger partial charge is 0.305 e. The van der Waals surface area contributed by atoms with Crippen molar-refractivity contribution in [2.75, 3.05) is 13.7 Å². The van der Waals surface area contributed by atoms with Gasteiger partial charge in [0, 0.05) is 6.42 Å². The minimum atomic E-state index is -0.155. The van der Waals surface area contributed by atoms with Crippen molar-refractivity contribution in [1.29, 1.82) is 0 Å². The van der Waals surface area contributed by atoms with Crippen molar-refractivity contribution < 1.29 is 14.3 Å². The molecular formula is C16H24O3. The molecule has 19 heavy (non-hydrogen) atoms. The van der Waals surface area contributed by atoms with Crippen LogP contribution in [-0.4, -0.2) is 19.7 Å². The van der Waals surface area contributed by atoms with Crippen molar-refractivity contribution in [2.45, 2.75) is 39.5 Å². The Hall–Kier alpha value is -1.51. The second-order valence-corrected chi connectivity index (χ2v) is 5.12. The molecule has 0 bridgehead atoms. The highest BCUT2D eigenvalue weighted by molar-refractivity contribution is 5.68. The number of benzene rings is 1. The molecule has 0 aliphatic rings. The second kappa shape index (κ2) is 8.57. The summed E-state index contributed by atoms with van der Waals surface area (Å²) in [6.45, 7) is 5.07. The van der Waals surface area contributed by atoms with E-state index in [4.69, 9.17) is 4.74 Å². The van der Waals surface area contributed by atoms with Gasteiger partial charge in [-0.25, -0.2) is 0 Å². The summed E-state index contributed by atoms with van der Waals surface area (Å²) in [6.07, 6.45) is 3.23. The Morgan fingerprint density at radius 2 is 1.84 bits per heavy atom. The topological polar surface area (TPSA) is 35.5 Å². The number of ether oxygens (including phenoxy) is 2. The van der Waals surface area contributed by atoms with Crippen molar-refractivity contribution in [2.24, 2.45) is 5.92 Å². The maximum absolute atomic E-state index is 10.9. The number of esters is 1. The van der Waals surface area contributed by atoms with Crippen LogP contribution in [0, 0.1) is 5.92 Å². The van der Waals surface area contributed by atoms with Crippen LogP contribution in [0.15, 0.2) is 24.3 Å². The first-order chi connectivity index (χ1) is 9.11. The first kappa shape index (κ1) is 15.5. The zero-order valence-corrected chi connectivity index (χ0v) is 12.1. The molecule has 1 aromatic carbocycles. The van der Waals surface area contributed by atoms with Crippen LogP contribution in [0.1, 0.15) is 38.7 Å². The van der Waals surface area contributed by atoms with Crippen molar-refractivity contribution >= 4 is 5.97 Å². The molecule has 0 aliphatic carbocycles. The largest absolute Gasteiger partial charge is 0.494 e. The van der Waals surface area contributed by atoms with E-state index in [-0.39, 0.29) is 5.97 Å². The monoisotopic (exact) mass is 264 g/mol. The van der Waals surface area contributed by atoms with Crippen LogP contribution < -0.4 is 4.74 Å². The van der Waals surface area contributed by atoms with E-state index in [1.165, 1.54) is 12.7 Å². The minimum absolute atomic E-state index is 0.155. The minimum Gasteiger partial charge on any atom is -0.494 e. The zero-order chi connectivity index (χ0) is 14.1. The van der Waals surface area contributed by atoms with Gasteiger partial charge < -0.3 is 9.47 Å². The third kappa shape index (κ3) is 6.85. The quantitative estimate of drug-likeness (QED) is 0.531. The van der Waals surface area contributed by atoms with Crippen LogP contribution >= 0.6 is 0 Å². The molecule has 0 fully saturated rings. The lowest BCUT2D eigenvalue weighted by Crippen LogP contribution is -2.02. The molecule has 0 unspecified atom stereocenters. The summed E-state index contributed by atoms with van der Waals surface area (Å²) in [4.78, 5) is 10.9. The third-order valence-corrected chi connectivity index (χ3v) is 2.84. The van der Waals surface area contributed by atoms with Crippen LogP contribution in [0.25, 0.3) is 0 Å². The van der Waals surface area contributed by atoms with Gasteiger partial charge in [0.2, 0.25) is 0 Å². The van der Waals surface area contributed by atoms with Crippen LogP contribution in [0.3, 0.4) is 0 Å². The molecule has 3 heteroatoms. The lowest BCUT2D eigenvalue weighted by Gasteiger charge is -2.08. The number of carbonyl (C=O) groups excluding carboxylic acids is 1. The highest BCUT2D eigenvalue weighted by Gasteiger charge is 2.01. The summed E-state index contributed by atoms with van der Waals surface area (Å²) in [7, 11) is 1.41. The van der Waals surface area contributed by atoms with E-state index >= 15 is 0 Å². The lowest BCUT2D eigenvalue weighted by molar-refractivity contribution is -0.140. The molecule has 0 aliphatic heterocycles. The first-order valence-corrected chi connectivity index (χ1v) is 6.90. The van der Waals surface area contributed by atoms with E-state index in [0.717, 1.165) is 25.0 Å². The Morgan fingerprint density at radius 3 is 2.42 bits per heavy atom. The van der Waals surface area contributed by atoms with Crippen LogP contribution in [0.4, 0.5) is 0 Å². The molecule has 0 aromatic heterocycles. The Labute approximate surface area is 115 Å². The number of rotatable bonds is 8. The molecule has 1 rings (SSSR count). The number of methoxy groups -OCH3 is 1. The van der Waals surface area contributed by atoms with Crippen LogP contribution in [0.2, 0.25) is 0 Å². The average molecular weight is 264 g/mol. The molecule has 0 radical (unpaired) electrons. The van der Waals surface area contributed by atoms with E-state index in [0.29, 0.717) is 18.9 Å². The molecule has 0 saturated carbocycles. The lowest BCUT2D eigenvalue weighted by atomic mass is 10.0. The summed E-state index contributed by atoms with van der Waals surface area (Å²) in [6, 6.07) is 8.25. The summed E-state index contributed by atoms with van der Waals surface area (Å²) >= 11 is 0. The van der Waals surface area contributed by atoms with E-state index in [1.807, 2.05) is 12.1 Å². The summed E-state index contributed by atoms with van der Waals surface area (Å²) in [5, 5.41) is 0. The predicted molar refractivity (Wildman–Crippen MR) is 76.3 cm³/mol. The fourth-order valence-electron chi connectivity index (χ4n) is 1.86. The molecule has 0 amide bonds. The van der Waals surface area contributed by atoms with Gasteiger partial charge in [0.05, 0.1) is 13.7 Å². The summed E-state index contributed by atoms with van der Waals surface area (Å²) < 4.78 is 10.2.